The molecule has 1 fully saturated rings. The Bertz CT molecular complexity index is 513. The standard InChI is InChI=1S/C15H18FNO4/c1-9(21-12-6-4-11(16)5-7-12)15(20)17-13(8-14(18)19)10-2-3-10/h4-7,9-10,13H,2-3,8H2,1H3,(H,17,20)(H,18,19). The van der Waals surface area contributed by atoms with Gasteiger partial charge in [0.05, 0.1) is 6.42 Å². The summed E-state index contributed by atoms with van der Waals surface area (Å²) < 4.78 is 18.2. The molecular weight excluding hydrogens is 277 g/mol. The van der Waals surface area contributed by atoms with Gasteiger partial charge in [0, 0.05) is 6.04 Å². The number of benzene rings is 1. The molecule has 0 heterocycles. The highest BCUT2D eigenvalue weighted by atomic mass is 19.1. The van der Waals surface area contributed by atoms with Crippen LogP contribution in [0, 0.1) is 11.7 Å². The lowest BCUT2D eigenvalue weighted by Gasteiger charge is -2.20. The molecule has 0 saturated heterocycles. The third kappa shape index (κ3) is 4.73. The zero-order valence-electron chi connectivity index (χ0n) is 11.7. The van der Waals surface area contributed by atoms with Crippen LogP contribution in [-0.2, 0) is 9.59 Å². The molecule has 0 aliphatic heterocycles. The van der Waals surface area contributed by atoms with Crippen LogP contribution in [0.3, 0.4) is 0 Å². The number of aliphatic carboxylic acids is 1. The van der Waals surface area contributed by atoms with Gasteiger partial charge in [-0.05, 0) is 49.9 Å². The van der Waals surface area contributed by atoms with Gasteiger partial charge in [-0.3, -0.25) is 9.59 Å². The van der Waals surface area contributed by atoms with E-state index >= 15 is 0 Å². The first-order chi connectivity index (χ1) is 9.95. The Morgan fingerprint density at radius 2 is 2.00 bits per heavy atom. The van der Waals surface area contributed by atoms with Gasteiger partial charge in [-0.1, -0.05) is 0 Å². The summed E-state index contributed by atoms with van der Waals surface area (Å²) in [6.45, 7) is 1.57. The van der Waals surface area contributed by atoms with Gasteiger partial charge in [-0.15, -0.1) is 0 Å². The highest BCUT2D eigenvalue weighted by Gasteiger charge is 2.34. The largest absolute Gasteiger partial charge is 0.481 e. The number of carboxylic acid groups (broad SMARTS) is 1. The van der Waals surface area contributed by atoms with Crippen molar-refractivity contribution in [2.24, 2.45) is 5.92 Å². The second-order valence-electron chi connectivity index (χ2n) is 5.26. The Morgan fingerprint density at radius 3 is 2.52 bits per heavy atom. The Morgan fingerprint density at radius 1 is 1.38 bits per heavy atom. The number of hydrogen-bond acceptors (Lipinski definition) is 3. The predicted molar refractivity (Wildman–Crippen MR) is 73.4 cm³/mol. The number of nitrogens with one attached hydrogen (secondary N) is 1. The van der Waals surface area contributed by atoms with Crippen LogP contribution in [0.1, 0.15) is 26.2 Å². The van der Waals surface area contributed by atoms with E-state index in [1.165, 1.54) is 24.3 Å². The van der Waals surface area contributed by atoms with Gasteiger partial charge in [0.15, 0.2) is 6.10 Å². The lowest BCUT2D eigenvalue weighted by molar-refractivity contribution is -0.138. The predicted octanol–water partition coefficient (Wildman–Crippen LogP) is 1.96. The number of carboxylic acids is 1. The van der Waals surface area contributed by atoms with Crippen molar-refractivity contribution in [3.05, 3.63) is 30.1 Å². The Balaban J connectivity index is 1.88. The van der Waals surface area contributed by atoms with Crippen LogP contribution in [0.2, 0.25) is 0 Å². The molecule has 1 saturated carbocycles. The van der Waals surface area contributed by atoms with Gasteiger partial charge >= 0.3 is 5.97 Å². The molecule has 0 aromatic heterocycles. The molecule has 5 nitrogen and oxygen atoms in total. The van der Waals surface area contributed by atoms with Gasteiger partial charge in [-0.25, -0.2) is 4.39 Å². The molecule has 0 bridgehead atoms. The molecule has 0 spiro atoms. The maximum Gasteiger partial charge on any atom is 0.305 e. The van der Waals surface area contributed by atoms with Crippen molar-refractivity contribution in [1.82, 2.24) is 5.32 Å². The maximum atomic E-state index is 12.8. The zero-order valence-corrected chi connectivity index (χ0v) is 11.7. The molecule has 2 rings (SSSR count). The number of halogens is 1. The number of hydrogen-bond donors (Lipinski definition) is 2. The fourth-order valence-corrected chi connectivity index (χ4v) is 2.09. The molecule has 1 amide bonds. The Hall–Kier alpha value is -2.11. The van der Waals surface area contributed by atoms with E-state index in [1.807, 2.05) is 0 Å². The molecule has 1 aliphatic carbocycles. The lowest BCUT2D eigenvalue weighted by Crippen LogP contribution is -2.44. The number of ether oxygens (including phenoxy) is 1. The van der Waals surface area contributed by atoms with E-state index in [0.717, 1.165) is 12.8 Å². The fourth-order valence-electron chi connectivity index (χ4n) is 2.09. The minimum Gasteiger partial charge on any atom is -0.481 e. The molecular formula is C15H18FNO4. The second-order valence-corrected chi connectivity index (χ2v) is 5.26. The van der Waals surface area contributed by atoms with Crippen LogP contribution >= 0.6 is 0 Å². The minimum atomic E-state index is -0.931. The highest BCUT2D eigenvalue weighted by molar-refractivity contribution is 5.81. The van der Waals surface area contributed by atoms with E-state index in [4.69, 9.17) is 9.84 Å². The van der Waals surface area contributed by atoms with Crippen molar-refractivity contribution in [3.63, 3.8) is 0 Å². The molecule has 2 N–H and O–H groups in total. The monoisotopic (exact) mass is 295 g/mol. The fraction of sp³-hybridized carbons (Fsp3) is 0.467. The summed E-state index contributed by atoms with van der Waals surface area (Å²) in [4.78, 5) is 22.8. The van der Waals surface area contributed by atoms with Gasteiger partial charge < -0.3 is 15.2 Å². The van der Waals surface area contributed by atoms with Crippen molar-refractivity contribution < 1.29 is 23.8 Å². The quantitative estimate of drug-likeness (QED) is 0.806. The van der Waals surface area contributed by atoms with E-state index in [2.05, 4.69) is 5.32 Å². The van der Waals surface area contributed by atoms with Gasteiger partial charge in [0.2, 0.25) is 0 Å². The summed E-state index contributed by atoms with van der Waals surface area (Å²) in [5, 5.41) is 11.6. The topological polar surface area (TPSA) is 75.6 Å². The van der Waals surface area contributed by atoms with Crippen molar-refractivity contribution in [2.75, 3.05) is 0 Å². The smallest absolute Gasteiger partial charge is 0.305 e. The maximum absolute atomic E-state index is 12.8. The van der Waals surface area contributed by atoms with Crippen molar-refractivity contribution in [1.29, 1.82) is 0 Å². The first-order valence-corrected chi connectivity index (χ1v) is 6.90. The summed E-state index contributed by atoms with van der Waals surface area (Å²) in [5.41, 5.74) is 0. The molecule has 1 aromatic rings. The SMILES string of the molecule is CC(Oc1ccc(F)cc1)C(=O)NC(CC(=O)O)C1CC1. The molecule has 1 aliphatic rings. The van der Waals surface area contributed by atoms with Gasteiger partial charge in [-0.2, -0.15) is 0 Å². The van der Waals surface area contributed by atoms with Gasteiger partial charge in [0.1, 0.15) is 11.6 Å². The third-order valence-corrected chi connectivity index (χ3v) is 3.41. The summed E-state index contributed by atoms with van der Waals surface area (Å²) in [7, 11) is 0. The number of rotatable bonds is 7. The van der Waals surface area contributed by atoms with Crippen LogP contribution in [0.15, 0.2) is 24.3 Å². The number of carbonyl (C=O) groups is 2. The highest BCUT2D eigenvalue weighted by Crippen LogP contribution is 2.34. The van der Waals surface area contributed by atoms with Crippen LogP contribution in [0.4, 0.5) is 4.39 Å². The average molecular weight is 295 g/mol. The number of amides is 1. The zero-order chi connectivity index (χ0) is 15.4. The number of carbonyl (C=O) groups excluding carboxylic acids is 1. The van der Waals surface area contributed by atoms with Crippen LogP contribution in [0.5, 0.6) is 5.75 Å². The molecule has 2 atom stereocenters. The van der Waals surface area contributed by atoms with E-state index in [1.54, 1.807) is 6.92 Å². The molecule has 2 unspecified atom stereocenters. The molecule has 21 heavy (non-hydrogen) atoms. The van der Waals surface area contributed by atoms with E-state index in [0.29, 0.717) is 5.75 Å². The van der Waals surface area contributed by atoms with Gasteiger partial charge in [0.25, 0.3) is 5.91 Å². The van der Waals surface area contributed by atoms with Crippen LogP contribution < -0.4 is 10.1 Å². The Kier molecular flexibility index (Phi) is 4.77. The second kappa shape index (κ2) is 6.56. The molecule has 0 radical (unpaired) electrons. The van der Waals surface area contributed by atoms with Crippen LogP contribution in [0.25, 0.3) is 0 Å². The summed E-state index contributed by atoms with van der Waals surface area (Å²) in [6.07, 6.45) is 1.02. The minimum absolute atomic E-state index is 0.0837. The first-order valence-electron chi connectivity index (χ1n) is 6.90. The summed E-state index contributed by atoms with van der Waals surface area (Å²) in [5.74, 6) is -1.05. The third-order valence-electron chi connectivity index (χ3n) is 3.41. The van der Waals surface area contributed by atoms with Crippen molar-refractivity contribution in [3.8, 4) is 5.75 Å². The van der Waals surface area contributed by atoms with Crippen LogP contribution in [-0.4, -0.2) is 29.1 Å². The molecule has 114 valence electrons. The molecule has 1 aromatic carbocycles. The normalized spacial score (nSPS) is 16.9. The van der Waals surface area contributed by atoms with E-state index in [-0.39, 0.29) is 30.1 Å². The van der Waals surface area contributed by atoms with E-state index < -0.39 is 12.1 Å². The first kappa shape index (κ1) is 15.3. The summed E-state index contributed by atoms with van der Waals surface area (Å²) in [6, 6.07) is 5.02. The van der Waals surface area contributed by atoms with E-state index in [9.17, 15) is 14.0 Å². The van der Waals surface area contributed by atoms with Crippen molar-refractivity contribution >= 4 is 11.9 Å². The summed E-state index contributed by atoms with van der Waals surface area (Å²) >= 11 is 0. The lowest BCUT2D eigenvalue weighted by atomic mass is 10.1. The Labute approximate surface area is 122 Å². The van der Waals surface area contributed by atoms with Crippen molar-refractivity contribution in [2.45, 2.75) is 38.3 Å². The average Bonchev–Trinajstić information content (AvgIpc) is 3.24. The molecule has 6 heteroatoms.